The summed E-state index contributed by atoms with van der Waals surface area (Å²) >= 11 is 0. The van der Waals surface area contributed by atoms with Gasteiger partial charge in [-0.1, -0.05) is 42.5 Å². The summed E-state index contributed by atoms with van der Waals surface area (Å²) in [5.41, 5.74) is 4.33. The molecule has 0 bridgehead atoms. The normalized spacial score (nSPS) is 11.5. The minimum absolute atomic E-state index is 0.0333. The van der Waals surface area contributed by atoms with Crippen molar-refractivity contribution in [2.45, 2.75) is 13.3 Å². The SMILES string of the molecule is C/C(=N\NC(=O)Cc1cccc2ccccc12)c1ccc(O)cc1O. The summed E-state index contributed by atoms with van der Waals surface area (Å²) in [6.45, 7) is 1.67. The van der Waals surface area contributed by atoms with Crippen LogP contribution in [0, 0.1) is 0 Å². The fourth-order valence-corrected chi connectivity index (χ4v) is 2.69. The minimum atomic E-state index is -0.242. The van der Waals surface area contributed by atoms with Crippen molar-refractivity contribution in [1.29, 1.82) is 0 Å². The number of rotatable bonds is 4. The van der Waals surface area contributed by atoms with Crippen molar-refractivity contribution in [3.8, 4) is 11.5 Å². The molecule has 3 aromatic rings. The lowest BCUT2D eigenvalue weighted by molar-refractivity contribution is -0.120. The zero-order valence-corrected chi connectivity index (χ0v) is 13.7. The number of phenols is 2. The van der Waals surface area contributed by atoms with Gasteiger partial charge in [-0.2, -0.15) is 5.10 Å². The number of hydrogen-bond donors (Lipinski definition) is 3. The highest BCUT2D eigenvalue weighted by Gasteiger charge is 2.08. The van der Waals surface area contributed by atoms with Gasteiger partial charge in [0.1, 0.15) is 11.5 Å². The predicted octanol–water partition coefficient (Wildman–Crippen LogP) is 3.33. The molecule has 0 aliphatic carbocycles. The fourth-order valence-electron chi connectivity index (χ4n) is 2.69. The van der Waals surface area contributed by atoms with Gasteiger partial charge in [0, 0.05) is 11.6 Å². The minimum Gasteiger partial charge on any atom is -0.508 e. The van der Waals surface area contributed by atoms with Gasteiger partial charge in [-0.3, -0.25) is 4.79 Å². The van der Waals surface area contributed by atoms with E-state index >= 15 is 0 Å². The average molecular weight is 334 g/mol. The lowest BCUT2D eigenvalue weighted by Gasteiger charge is -2.07. The number of benzene rings is 3. The number of hydrogen-bond acceptors (Lipinski definition) is 4. The highest BCUT2D eigenvalue weighted by atomic mass is 16.3. The number of carbonyl (C=O) groups excluding carboxylic acids is 1. The molecular formula is C20H18N2O3. The van der Waals surface area contributed by atoms with Crippen LogP contribution in [0.4, 0.5) is 0 Å². The van der Waals surface area contributed by atoms with Gasteiger partial charge < -0.3 is 10.2 Å². The lowest BCUT2D eigenvalue weighted by atomic mass is 10.0. The van der Waals surface area contributed by atoms with E-state index in [4.69, 9.17) is 0 Å². The number of aromatic hydroxyl groups is 2. The molecule has 3 N–H and O–H groups in total. The molecule has 0 saturated heterocycles. The molecule has 3 rings (SSSR count). The molecule has 5 nitrogen and oxygen atoms in total. The lowest BCUT2D eigenvalue weighted by Crippen LogP contribution is -2.21. The molecule has 0 fully saturated rings. The average Bonchev–Trinajstić information content (AvgIpc) is 2.60. The first-order valence-electron chi connectivity index (χ1n) is 7.87. The monoisotopic (exact) mass is 334 g/mol. The molecule has 126 valence electrons. The molecular weight excluding hydrogens is 316 g/mol. The van der Waals surface area contributed by atoms with Crippen LogP contribution in [-0.2, 0) is 11.2 Å². The van der Waals surface area contributed by atoms with Crippen LogP contribution in [0.15, 0.2) is 65.8 Å². The number of fused-ring (bicyclic) bond motifs is 1. The predicted molar refractivity (Wildman–Crippen MR) is 97.8 cm³/mol. The van der Waals surface area contributed by atoms with E-state index < -0.39 is 0 Å². The van der Waals surface area contributed by atoms with Crippen molar-refractivity contribution in [3.63, 3.8) is 0 Å². The van der Waals surface area contributed by atoms with E-state index in [0.717, 1.165) is 16.3 Å². The quantitative estimate of drug-likeness (QED) is 0.505. The molecule has 5 heteroatoms. The first-order chi connectivity index (χ1) is 12.0. The van der Waals surface area contributed by atoms with Crippen LogP contribution in [0.3, 0.4) is 0 Å². The van der Waals surface area contributed by atoms with E-state index in [0.29, 0.717) is 11.3 Å². The van der Waals surface area contributed by atoms with Gasteiger partial charge in [-0.25, -0.2) is 5.43 Å². The van der Waals surface area contributed by atoms with Gasteiger partial charge in [-0.05, 0) is 35.4 Å². The maximum Gasteiger partial charge on any atom is 0.244 e. The molecule has 0 saturated carbocycles. The van der Waals surface area contributed by atoms with Crippen molar-refractivity contribution in [3.05, 3.63) is 71.8 Å². The van der Waals surface area contributed by atoms with Crippen LogP contribution < -0.4 is 5.43 Å². The Labute approximate surface area is 145 Å². The first kappa shape index (κ1) is 16.5. The van der Waals surface area contributed by atoms with E-state index in [-0.39, 0.29) is 23.8 Å². The molecule has 0 radical (unpaired) electrons. The third kappa shape index (κ3) is 3.77. The summed E-state index contributed by atoms with van der Waals surface area (Å²) in [6, 6.07) is 18.0. The van der Waals surface area contributed by atoms with Crippen molar-refractivity contribution in [2.75, 3.05) is 0 Å². The Balaban J connectivity index is 1.74. The van der Waals surface area contributed by atoms with Crippen LogP contribution in [-0.4, -0.2) is 21.8 Å². The van der Waals surface area contributed by atoms with Crippen molar-refractivity contribution in [1.82, 2.24) is 5.43 Å². The standard InChI is InChI=1S/C20H18N2O3/c1-13(17-10-9-16(23)12-19(17)24)21-22-20(25)11-15-7-4-6-14-5-2-3-8-18(14)15/h2-10,12,23-24H,11H2,1H3,(H,22,25)/b21-13+. The largest absolute Gasteiger partial charge is 0.508 e. The summed E-state index contributed by atoms with van der Waals surface area (Å²) in [5.74, 6) is -0.368. The van der Waals surface area contributed by atoms with Crippen LogP contribution >= 0.6 is 0 Å². The summed E-state index contributed by atoms with van der Waals surface area (Å²) in [7, 11) is 0. The van der Waals surface area contributed by atoms with Gasteiger partial charge >= 0.3 is 0 Å². The van der Waals surface area contributed by atoms with E-state index in [1.54, 1.807) is 13.0 Å². The van der Waals surface area contributed by atoms with Crippen LogP contribution in [0.2, 0.25) is 0 Å². The first-order valence-corrected chi connectivity index (χ1v) is 7.87. The summed E-state index contributed by atoms with van der Waals surface area (Å²) in [4.78, 5) is 12.2. The van der Waals surface area contributed by atoms with Gasteiger partial charge in [0.05, 0.1) is 12.1 Å². The maximum absolute atomic E-state index is 12.2. The Hall–Kier alpha value is -3.34. The third-order valence-corrected chi connectivity index (χ3v) is 3.95. The smallest absolute Gasteiger partial charge is 0.244 e. The number of phenolic OH excluding ortho intramolecular Hbond substituents is 2. The molecule has 0 heterocycles. The Bertz CT molecular complexity index is 959. The maximum atomic E-state index is 12.2. The van der Waals surface area contributed by atoms with Crippen LogP contribution in [0.1, 0.15) is 18.1 Å². The van der Waals surface area contributed by atoms with E-state index in [1.165, 1.54) is 12.1 Å². The van der Waals surface area contributed by atoms with Crippen LogP contribution in [0.25, 0.3) is 10.8 Å². The van der Waals surface area contributed by atoms with Crippen molar-refractivity contribution < 1.29 is 15.0 Å². The molecule has 0 unspecified atom stereocenters. The highest BCUT2D eigenvalue weighted by Crippen LogP contribution is 2.23. The molecule has 1 amide bonds. The summed E-state index contributed by atoms with van der Waals surface area (Å²) in [6.07, 6.45) is 0.208. The second-order valence-corrected chi connectivity index (χ2v) is 5.75. The third-order valence-electron chi connectivity index (χ3n) is 3.95. The number of amides is 1. The van der Waals surface area contributed by atoms with Gasteiger partial charge in [0.15, 0.2) is 0 Å². The zero-order valence-electron chi connectivity index (χ0n) is 13.7. The van der Waals surface area contributed by atoms with Crippen molar-refractivity contribution in [2.24, 2.45) is 5.10 Å². The Morgan fingerprint density at radius 1 is 1.04 bits per heavy atom. The second-order valence-electron chi connectivity index (χ2n) is 5.75. The Kier molecular flexibility index (Phi) is 4.66. The number of carbonyl (C=O) groups is 1. The number of nitrogens with zero attached hydrogens (tertiary/aromatic N) is 1. The molecule has 0 aromatic heterocycles. The molecule has 0 aliphatic heterocycles. The topological polar surface area (TPSA) is 81.9 Å². The second kappa shape index (κ2) is 7.05. The molecule has 0 aliphatic rings. The van der Waals surface area contributed by atoms with E-state index in [9.17, 15) is 15.0 Å². The molecule has 0 spiro atoms. The number of hydrazone groups is 1. The fraction of sp³-hybridized carbons (Fsp3) is 0.100. The van der Waals surface area contributed by atoms with Crippen LogP contribution in [0.5, 0.6) is 11.5 Å². The number of nitrogens with one attached hydrogen (secondary N) is 1. The van der Waals surface area contributed by atoms with E-state index in [1.807, 2.05) is 42.5 Å². The van der Waals surface area contributed by atoms with E-state index in [2.05, 4.69) is 10.5 Å². The van der Waals surface area contributed by atoms with Crippen molar-refractivity contribution >= 4 is 22.4 Å². The summed E-state index contributed by atoms with van der Waals surface area (Å²) < 4.78 is 0. The Morgan fingerprint density at radius 3 is 2.60 bits per heavy atom. The zero-order chi connectivity index (χ0) is 17.8. The summed E-state index contributed by atoms with van der Waals surface area (Å²) in [5, 5.41) is 25.3. The molecule has 3 aromatic carbocycles. The molecule has 25 heavy (non-hydrogen) atoms. The van der Waals surface area contributed by atoms with Gasteiger partial charge in [0.2, 0.25) is 5.91 Å². The van der Waals surface area contributed by atoms with Gasteiger partial charge in [0.25, 0.3) is 0 Å². The van der Waals surface area contributed by atoms with Gasteiger partial charge in [-0.15, -0.1) is 0 Å². The Morgan fingerprint density at radius 2 is 1.80 bits per heavy atom. The highest BCUT2D eigenvalue weighted by molar-refractivity contribution is 6.01. The molecule has 0 atom stereocenters.